The smallest absolute Gasteiger partial charge is 0.254 e. The summed E-state index contributed by atoms with van der Waals surface area (Å²) < 4.78 is 5.80. The van der Waals surface area contributed by atoms with Gasteiger partial charge >= 0.3 is 0 Å². The number of nitrogen functional groups attached to an aromatic ring is 1. The van der Waals surface area contributed by atoms with Gasteiger partial charge in [-0.25, -0.2) is 4.98 Å². The number of hydrogen-bond acceptors (Lipinski definition) is 5. The Labute approximate surface area is 150 Å². The van der Waals surface area contributed by atoms with Gasteiger partial charge in [-0.2, -0.15) is 5.10 Å². The number of aromatic nitrogens is 3. The number of benzene rings is 1. The molecule has 3 N–H and O–H groups in total. The van der Waals surface area contributed by atoms with E-state index in [2.05, 4.69) is 15.2 Å². The fourth-order valence-electron chi connectivity index (χ4n) is 3.08. The molecule has 0 fully saturated rings. The lowest BCUT2D eigenvalue weighted by Gasteiger charge is -2.27. The minimum absolute atomic E-state index is 0.0547. The van der Waals surface area contributed by atoms with E-state index in [1.807, 2.05) is 30.3 Å². The van der Waals surface area contributed by atoms with Crippen molar-refractivity contribution in [3.63, 3.8) is 0 Å². The van der Waals surface area contributed by atoms with Crippen LogP contribution >= 0.6 is 0 Å². The molecule has 1 aliphatic heterocycles. The molecule has 0 bridgehead atoms. The molecule has 0 atom stereocenters. The monoisotopic (exact) mass is 349 g/mol. The van der Waals surface area contributed by atoms with E-state index in [0.717, 1.165) is 29.1 Å². The summed E-state index contributed by atoms with van der Waals surface area (Å²) >= 11 is 0. The molecule has 0 unspecified atom stereocenters. The van der Waals surface area contributed by atoms with Crippen LogP contribution in [0, 0.1) is 0 Å². The molecule has 3 heterocycles. The SMILES string of the molecule is Nc1cc(C(=O)N2CCc3[nH]nc(COc4ccccc4)c3C2)ccn1. The predicted molar refractivity (Wildman–Crippen MR) is 96.5 cm³/mol. The third kappa shape index (κ3) is 3.23. The number of pyridine rings is 1. The Morgan fingerprint density at radius 2 is 2.12 bits per heavy atom. The molecule has 4 rings (SSSR count). The zero-order valence-electron chi connectivity index (χ0n) is 14.2. The fraction of sp³-hybridized carbons (Fsp3) is 0.211. The molecule has 1 amide bonds. The molecule has 3 aromatic rings. The second-order valence-corrected chi connectivity index (χ2v) is 6.18. The van der Waals surface area contributed by atoms with Gasteiger partial charge in [0.2, 0.25) is 0 Å². The topological polar surface area (TPSA) is 97.1 Å². The maximum Gasteiger partial charge on any atom is 0.254 e. The average Bonchev–Trinajstić information content (AvgIpc) is 3.09. The molecule has 1 aliphatic rings. The summed E-state index contributed by atoms with van der Waals surface area (Å²) in [5.74, 6) is 1.08. The first-order chi connectivity index (χ1) is 12.7. The summed E-state index contributed by atoms with van der Waals surface area (Å²) in [6, 6.07) is 12.9. The van der Waals surface area contributed by atoms with E-state index in [-0.39, 0.29) is 5.91 Å². The van der Waals surface area contributed by atoms with E-state index in [1.165, 1.54) is 0 Å². The van der Waals surface area contributed by atoms with Gasteiger partial charge in [0, 0.05) is 42.5 Å². The number of para-hydroxylation sites is 1. The molecule has 7 nitrogen and oxygen atoms in total. The van der Waals surface area contributed by atoms with Crippen molar-refractivity contribution in [2.45, 2.75) is 19.6 Å². The highest BCUT2D eigenvalue weighted by Crippen LogP contribution is 2.23. The largest absolute Gasteiger partial charge is 0.487 e. The predicted octanol–water partition coefficient (Wildman–Crippen LogP) is 2.16. The Morgan fingerprint density at radius 1 is 1.27 bits per heavy atom. The number of amides is 1. The molecule has 0 aliphatic carbocycles. The summed E-state index contributed by atoms with van der Waals surface area (Å²) in [7, 11) is 0. The third-order valence-corrected chi connectivity index (χ3v) is 4.45. The van der Waals surface area contributed by atoms with Crippen LogP contribution in [0.4, 0.5) is 5.82 Å². The molecular weight excluding hydrogens is 330 g/mol. The molecular formula is C19H19N5O2. The number of anilines is 1. The van der Waals surface area contributed by atoms with Gasteiger partial charge < -0.3 is 15.4 Å². The van der Waals surface area contributed by atoms with E-state index >= 15 is 0 Å². The number of carbonyl (C=O) groups excluding carboxylic acids is 1. The van der Waals surface area contributed by atoms with Crippen LogP contribution in [0.25, 0.3) is 0 Å². The second-order valence-electron chi connectivity index (χ2n) is 6.18. The summed E-state index contributed by atoms with van der Waals surface area (Å²) in [5, 5.41) is 7.45. The van der Waals surface area contributed by atoms with Gasteiger partial charge in [-0.05, 0) is 24.3 Å². The van der Waals surface area contributed by atoms with E-state index in [0.29, 0.717) is 31.1 Å². The molecule has 0 saturated carbocycles. The van der Waals surface area contributed by atoms with Crippen molar-refractivity contribution in [3.05, 3.63) is 71.2 Å². The number of ether oxygens (including phenoxy) is 1. The molecule has 26 heavy (non-hydrogen) atoms. The molecule has 0 radical (unpaired) electrons. The van der Waals surface area contributed by atoms with E-state index in [9.17, 15) is 4.79 Å². The van der Waals surface area contributed by atoms with Crippen LogP contribution in [0.1, 0.15) is 27.3 Å². The molecule has 1 aromatic carbocycles. The van der Waals surface area contributed by atoms with Crippen molar-refractivity contribution in [3.8, 4) is 5.75 Å². The highest BCUT2D eigenvalue weighted by molar-refractivity contribution is 5.94. The summed E-state index contributed by atoms with van der Waals surface area (Å²) in [6.45, 7) is 1.50. The van der Waals surface area contributed by atoms with Crippen LogP contribution in [-0.4, -0.2) is 32.5 Å². The highest BCUT2D eigenvalue weighted by Gasteiger charge is 2.26. The summed E-state index contributed by atoms with van der Waals surface area (Å²) in [6.07, 6.45) is 2.29. The Bertz CT molecular complexity index is 923. The molecule has 132 valence electrons. The molecule has 7 heteroatoms. The maximum absolute atomic E-state index is 12.8. The minimum atomic E-state index is -0.0547. The van der Waals surface area contributed by atoms with Crippen molar-refractivity contribution in [1.29, 1.82) is 0 Å². The number of hydrogen-bond donors (Lipinski definition) is 2. The van der Waals surface area contributed by atoms with Crippen molar-refractivity contribution < 1.29 is 9.53 Å². The van der Waals surface area contributed by atoms with Gasteiger partial charge in [0.25, 0.3) is 5.91 Å². The van der Waals surface area contributed by atoms with Gasteiger partial charge in [0.1, 0.15) is 23.9 Å². The van der Waals surface area contributed by atoms with Crippen molar-refractivity contribution in [2.75, 3.05) is 12.3 Å². The van der Waals surface area contributed by atoms with Crippen LogP contribution in [0.15, 0.2) is 48.7 Å². The number of aromatic amines is 1. The number of nitrogens with zero attached hydrogens (tertiary/aromatic N) is 3. The lowest BCUT2D eigenvalue weighted by molar-refractivity contribution is 0.0733. The lowest BCUT2D eigenvalue weighted by Crippen LogP contribution is -2.36. The average molecular weight is 349 g/mol. The van der Waals surface area contributed by atoms with E-state index in [1.54, 1.807) is 23.2 Å². The maximum atomic E-state index is 12.8. The number of nitrogens with one attached hydrogen (secondary N) is 1. The van der Waals surface area contributed by atoms with Crippen LogP contribution in [0.5, 0.6) is 5.75 Å². The summed E-state index contributed by atoms with van der Waals surface area (Å²) in [5.41, 5.74) is 9.16. The molecule has 2 aromatic heterocycles. The number of nitrogens with two attached hydrogens (primary N) is 1. The van der Waals surface area contributed by atoms with Gasteiger partial charge in [-0.15, -0.1) is 0 Å². The lowest BCUT2D eigenvalue weighted by atomic mass is 10.0. The Kier molecular flexibility index (Phi) is 4.27. The Hall–Kier alpha value is -3.35. The summed E-state index contributed by atoms with van der Waals surface area (Å²) in [4.78, 5) is 18.5. The standard InChI is InChI=1S/C19H19N5O2/c20-18-10-13(6-8-21-18)19(25)24-9-7-16-15(11-24)17(23-22-16)12-26-14-4-2-1-3-5-14/h1-6,8,10H,7,9,11-12H2,(H2,20,21)(H,22,23). The van der Waals surface area contributed by atoms with Crippen molar-refractivity contribution in [2.24, 2.45) is 0 Å². The van der Waals surface area contributed by atoms with Gasteiger partial charge in [0.15, 0.2) is 0 Å². The first kappa shape index (κ1) is 16.1. The highest BCUT2D eigenvalue weighted by atomic mass is 16.5. The van der Waals surface area contributed by atoms with Crippen LogP contribution < -0.4 is 10.5 Å². The van der Waals surface area contributed by atoms with E-state index in [4.69, 9.17) is 10.5 Å². The number of carbonyl (C=O) groups is 1. The van der Waals surface area contributed by atoms with Crippen molar-refractivity contribution in [1.82, 2.24) is 20.1 Å². The fourth-order valence-corrected chi connectivity index (χ4v) is 3.08. The number of rotatable bonds is 4. The Morgan fingerprint density at radius 3 is 2.92 bits per heavy atom. The van der Waals surface area contributed by atoms with Gasteiger partial charge in [0.05, 0.1) is 0 Å². The normalized spacial score (nSPS) is 13.3. The van der Waals surface area contributed by atoms with Crippen LogP contribution in [0.2, 0.25) is 0 Å². The number of H-pyrrole nitrogens is 1. The minimum Gasteiger partial charge on any atom is -0.487 e. The second kappa shape index (κ2) is 6.87. The first-order valence-corrected chi connectivity index (χ1v) is 8.44. The first-order valence-electron chi connectivity index (χ1n) is 8.44. The van der Waals surface area contributed by atoms with Crippen LogP contribution in [-0.2, 0) is 19.6 Å². The van der Waals surface area contributed by atoms with Gasteiger partial charge in [-0.3, -0.25) is 9.89 Å². The van der Waals surface area contributed by atoms with Gasteiger partial charge in [-0.1, -0.05) is 18.2 Å². The van der Waals surface area contributed by atoms with E-state index < -0.39 is 0 Å². The zero-order valence-corrected chi connectivity index (χ0v) is 14.2. The quantitative estimate of drug-likeness (QED) is 0.752. The molecule has 0 spiro atoms. The zero-order chi connectivity index (χ0) is 17.9. The molecule has 0 saturated heterocycles. The Balaban J connectivity index is 1.49. The van der Waals surface area contributed by atoms with Crippen molar-refractivity contribution >= 4 is 11.7 Å². The third-order valence-electron chi connectivity index (χ3n) is 4.45. The number of fused-ring (bicyclic) bond motifs is 1. The van der Waals surface area contributed by atoms with Crippen LogP contribution in [0.3, 0.4) is 0 Å².